The van der Waals surface area contributed by atoms with Crippen LogP contribution in [0.25, 0.3) is 22.3 Å². The number of aliphatic hydroxyl groups excluding tert-OH is 1. The highest BCUT2D eigenvalue weighted by Crippen LogP contribution is 2.32. The SMILES string of the molecule is Cc1nc(N2CCOCC2)ccc1-c1nc2cc(O[C@@H]3COC4C(O)CO[C@@H]43)[nH]c2cc1F. The van der Waals surface area contributed by atoms with Gasteiger partial charge in [0, 0.05) is 36.5 Å². The van der Waals surface area contributed by atoms with Crippen LogP contribution >= 0.6 is 0 Å². The van der Waals surface area contributed by atoms with Crippen LogP contribution in [0.5, 0.6) is 5.88 Å². The maximum absolute atomic E-state index is 15.0. The zero-order chi connectivity index (χ0) is 22.5. The lowest BCUT2D eigenvalue weighted by Crippen LogP contribution is -2.36. The first-order chi connectivity index (χ1) is 16.1. The summed E-state index contributed by atoms with van der Waals surface area (Å²) in [5, 5.41) is 9.90. The average molecular weight is 456 g/mol. The number of aromatic amines is 1. The van der Waals surface area contributed by atoms with Gasteiger partial charge in [-0.2, -0.15) is 0 Å². The normalized spacial score (nSPS) is 27.3. The molecule has 3 aliphatic heterocycles. The van der Waals surface area contributed by atoms with Gasteiger partial charge in [-0.05, 0) is 19.1 Å². The van der Waals surface area contributed by atoms with E-state index in [1.165, 1.54) is 6.07 Å². The topological polar surface area (TPSA) is 102 Å². The molecule has 0 saturated carbocycles. The molecule has 3 aromatic rings. The third-order valence-corrected chi connectivity index (χ3v) is 6.45. The molecule has 6 rings (SSSR count). The Balaban J connectivity index is 1.26. The molecule has 0 bridgehead atoms. The van der Waals surface area contributed by atoms with E-state index in [0.29, 0.717) is 48.0 Å². The van der Waals surface area contributed by atoms with E-state index < -0.39 is 11.9 Å². The summed E-state index contributed by atoms with van der Waals surface area (Å²) in [6.07, 6.45) is -1.71. The van der Waals surface area contributed by atoms with Crippen LogP contribution in [-0.2, 0) is 14.2 Å². The number of H-pyrrole nitrogens is 1. The lowest BCUT2D eigenvalue weighted by Gasteiger charge is -2.28. The quantitative estimate of drug-likeness (QED) is 0.613. The number of nitrogens with one attached hydrogen (secondary N) is 1. The molecule has 0 radical (unpaired) electrons. The Morgan fingerprint density at radius 1 is 1.12 bits per heavy atom. The van der Waals surface area contributed by atoms with Gasteiger partial charge in [-0.1, -0.05) is 0 Å². The lowest BCUT2D eigenvalue weighted by molar-refractivity contribution is 0.00794. The van der Waals surface area contributed by atoms with Crippen LogP contribution in [0, 0.1) is 12.7 Å². The van der Waals surface area contributed by atoms with Crippen molar-refractivity contribution in [3.8, 4) is 17.1 Å². The highest BCUT2D eigenvalue weighted by molar-refractivity contribution is 5.81. The number of hydrogen-bond acceptors (Lipinski definition) is 8. The van der Waals surface area contributed by atoms with Gasteiger partial charge < -0.3 is 33.9 Å². The van der Waals surface area contributed by atoms with Gasteiger partial charge in [0.2, 0.25) is 0 Å². The molecular formula is C23H25FN4O5. The number of morpholine rings is 1. The maximum atomic E-state index is 15.0. The summed E-state index contributed by atoms with van der Waals surface area (Å²) in [4.78, 5) is 14.5. The Morgan fingerprint density at radius 2 is 1.94 bits per heavy atom. The summed E-state index contributed by atoms with van der Waals surface area (Å²) in [6.45, 7) is 5.33. The molecule has 0 aromatic carbocycles. The van der Waals surface area contributed by atoms with Crippen molar-refractivity contribution >= 4 is 16.9 Å². The third-order valence-electron chi connectivity index (χ3n) is 6.45. The number of aliphatic hydroxyl groups is 1. The summed E-state index contributed by atoms with van der Waals surface area (Å²) in [5.74, 6) is 0.868. The summed E-state index contributed by atoms with van der Waals surface area (Å²) < 4.78 is 37.6. The van der Waals surface area contributed by atoms with Crippen molar-refractivity contribution in [3.63, 3.8) is 0 Å². The summed E-state index contributed by atoms with van der Waals surface area (Å²) in [5.41, 5.74) is 2.72. The molecule has 0 amide bonds. The van der Waals surface area contributed by atoms with Gasteiger partial charge in [-0.15, -0.1) is 0 Å². The van der Waals surface area contributed by atoms with E-state index in [9.17, 15) is 5.11 Å². The highest BCUT2D eigenvalue weighted by atomic mass is 19.1. The predicted octanol–water partition coefficient (Wildman–Crippen LogP) is 1.81. The predicted molar refractivity (Wildman–Crippen MR) is 117 cm³/mol. The van der Waals surface area contributed by atoms with Gasteiger partial charge in [0.1, 0.15) is 29.8 Å². The molecular weight excluding hydrogens is 431 g/mol. The van der Waals surface area contributed by atoms with Crippen LogP contribution in [0.15, 0.2) is 24.3 Å². The zero-order valence-electron chi connectivity index (χ0n) is 18.2. The lowest BCUT2D eigenvalue weighted by atomic mass is 10.1. The van der Waals surface area contributed by atoms with E-state index in [0.717, 1.165) is 18.9 Å². The number of pyridine rings is 2. The van der Waals surface area contributed by atoms with Gasteiger partial charge in [-0.3, -0.25) is 0 Å². The Morgan fingerprint density at radius 3 is 2.76 bits per heavy atom. The molecule has 174 valence electrons. The molecule has 0 spiro atoms. The first-order valence-corrected chi connectivity index (χ1v) is 11.1. The van der Waals surface area contributed by atoms with Crippen LogP contribution in [0.4, 0.5) is 10.2 Å². The van der Waals surface area contributed by atoms with E-state index >= 15 is 4.39 Å². The largest absolute Gasteiger partial charge is 0.470 e. The second kappa shape index (κ2) is 8.21. The molecule has 3 fully saturated rings. The van der Waals surface area contributed by atoms with Crippen LogP contribution in [-0.4, -0.2) is 84.0 Å². The monoisotopic (exact) mass is 456 g/mol. The average Bonchev–Trinajstić information content (AvgIpc) is 3.51. The standard InChI is InChI=1S/C23H25FN4O5/c1-12-13(2-3-19(25-12)28-4-6-30-7-5-28)21-14(24)8-15-16(27-21)9-20(26-15)33-18-11-32-22-17(29)10-31-23(18)22/h2-3,8-9,17-18,22-23,26,29H,4-7,10-11H2,1H3/t17?,18-,22?,23-/m1/s1. The van der Waals surface area contributed by atoms with Crippen LogP contribution in [0.3, 0.4) is 0 Å². The number of fused-ring (bicyclic) bond motifs is 2. The van der Waals surface area contributed by atoms with Crippen molar-refractivity contribution in [3.05, 3.63) is 35.8 Å². The fourth-order valence-electron chi connectivity index (χ4n) is 4.73. The second-order valence-electron chi connectivity index (χ2n) is 8.61. The summed E-state index contributed by atoms with van der Waals surface area (Å²) in [7, 11) is 0. The van der Waals surface area contributed by atoms with E-state index in [-0.39, 0.29) is 30.6 Å². The van der Waals surface area contributed by atoms with E-state index in [2.05, 4.69) is 19.9 Å². The smallest absolute Gasteiger partial charge is 0.193 e. The number of ether oxygens (including phenoxy) is 4. The molecule has 4 atom stereocenters. The van der Waals surface area contributed by atoms with Gasteiger partial charge in [0.15, 0.2) is 17.8 Å². The van der Waals surface area contributed by atoms with E-state index in [4.69, 9.17) is 18.9 Å². The van der Waals surface area contributed by atoms with Crippen molar-refractivity contribution in [2.75, 3.05) is 44.4 Å². The molecule has 0 aliphatic carbocycles. The third kappa shape index (κ3) is 3.72. The first kappa shape index (κ1) is 20.8. The Bertz CT molecular complexity index is 1180. The van der Waals surface area contributed by atoms with E-state index in [1.807, 2.05) is 19.1 Å². The number of nitrogens with zero attached hydrogens (tertiary/aromatic N) is 3. The van der Waals surface area contributed by atoms with E-state index in [1.54, 1.807) is 6.07 Å². The Hall–Kier alpha value is -2.79. The van der Waals surface area contributed by atoms with Crippen molar-refractivity contribution < 1.29 is 28.4 Å². The second-order valence-corrected chi connectivity index (χ2v) is 8.61. The van der Waals surface area contributed by atoms with Gasteiger partial charge >= 0.3 is 0 Å². The Kier molecular flexibility index (Phi) is 5.17. The highest BCUT2D eigenvalue weighted by Gasteiger charge is 2.48. The van der Waals surface area contributed by atoms with Gasteiger partial charge in [0.05, 0.1) is 37.5 Å². The molecule has 6 heterocycles. The van der Waals surface area contributed by atoms with Crippen LogP contribution in [0.2, 0.25) is 0 Å². The molecule has 3 saturated heterocycles. The molecule has 3 aromatic heterocycles. The minimum atomic E-state index is -0.642. The summed E-state index contributed by atoms with van der Waals surface area (Å²) in [6, 6.07) is 6.93. The van der Waals surface area contributed by atoms with Crippen molar-refractivity contribution in [2.24, 2.45) is 0 Å². The fourth-order valence-corrected chi connectivity index (χ4v) is 4.73. The molecule has 2 unspecified atom stereocenters. The number of anilines is 1. The number of aromatic nitrogens is 3. The molecule has 33 heavy (non-hydrogen) atoms. The minimum absolute atomic E-state index is 0.232. The molecule has 3 aliphatic rings. The van der Waals surface area contributed by atoms with Crippen LogP contribution < -0.4 is 9.64 Å². The van der Waals surface area contributed by atoms with Gasteiger partial charge in [-0.25, -0.2) is 14.4 Å². The Labute approximate surface area is 189 Å². The number of rotatable bonds is 4. The van der Waals surface area contributed by atoms with Gasteiger partial charge in [0.25, 0.3) is 0 Å². The minimum Gasteiger partial charge on any atom is -0.470 e. The number of halogens is 1. The fraction of sp³-hybridized carbons (Fsp3) is 0.478. The van der Waals surface area contributed by atoms with Crippen molar-refractivity contribution in [1.82, 2.24) is 15.0 Å². The summed E-state index contributed by atoms with van der Waals surface area (Å²) >= 11 is 0. The number of hydrogen-bond donors (Lipinski definition) is 2. The molecule has 2 N–H and O–H groups in total. The first-order valence-electron chi connectivity index (χ1n) is 11.1. The molecule has 10 heteroatoms. The van der Waals surface area contributed by atoms with Crippen LogP contribution in [0.1, 0.15) is 5.69 Å². The maximum Gasteiger partial charge on any atom is 0.193 e. The van der Waals surface area contributed by atoms with Crippen molar-refractivity contribution in [1.29, 1.82) is 0 Å². The zero-order valence-corrected chi connectivity index (χ0v) is 18.2. The molecule has 9 nitrogen and oxygen atoms in total. The number of aryl methyl sites for hydroxylation is 1. The van der Waals surface area contributed by atoms with Crippen molar-refractivity contribution in [2.45, 2.75) is 31.3 Å².